The Morgan fingerprint density at radius 1 is 1.26 bits per heavy atom. The van der Waals surface area contributed by atoms with E-state index in [1.165, 1.54) is 24.5 Å². The third kappa shape index (κ3) is 3.97. The number of hydrogen-bond donors (Lipinski definition) is 0. The van der Waals surface area contributed by atoms with Crippen LogP contribution in [0.1, 0.15) is 6.42 Å². The number of anilines is 1. The van der Waals surface area contributed by atoms with Gasteiger partial charge in [0, 0.05) is 44.2 Å². The highest BCUT2D eigenvalue weighted by Crippen LogP contribution is 2.29. The van der Waals surface area contributed by atoms with Crippen LogP contribution in [0.25, 0.3) is 0 Å². The number of nitrogens with zero attached hydrogens (tertiary/aromatic N) is 5. The van der Waals surface area contributed by atoms with Gasteiger partial charge in [-0.05, 0) is 12.5 Å². The smallest absolute Gasteiger partial charge is 0.273 e. The zero-order valence-corrected chi connectivity index (χ0v) is 14.7. The molecule has 0 saturated carbocycles. The van der Waals surface area contributed by atoms with Gasteiger partial charge in [-0.3, -0.25) is 15.0 Å². The summed E-state index contributed by atoms with van der Waals surface area (Å²) in [7, 11) is 0. The van der Waals surface area contributed by atoms with Crippen LogP contribution in [0, 0.1) is 21.8 Å². The van der Waals surface area contributed by atoms with Crippen molar-refractivity contribution in [3.05, 3.63) is 52.6 Å². The minimum absolute atomic E-state index is 0.0336. The maximum atomic E-state index is 13.0. The number of hydrogen-bond acceptors (Lipinski definition) is 7. The topological polar surface area (TPSA) is 84.6 Å². The Labute approximate surface area is 155 Å². The second-order valence-electron chi connectivity index (χ2n) is 6.96. The van der Waals surface area contributed by atoms with Gasteiger partial charge in [-0.1, -0.05) is 6.07 Å². The van der Waals surface area contributed by atoms with E-state index in [-0.39, 0.29) is 5.69 Å². The lowest BCUT2D eigenvalue weighted by Crippen LogP contribution is -2.50. The fraction of sp³-hybridized carbons (Fsp3) is 0.444. The summed E-state index contributed by atoms with van der Waals surface area (Å²) in [6.07, 6.45) is 3.37. The molecular formula is C18H20FN5O3. The van der Waals surface area contributed by atoms with Crippen molar-refractivity contribution < 1.29 is 14.1 Å². The monoisotopic (exact) mass is 373 g/mol. The number of nitro benzene ring substituents is 1. The highest BCUT2D eigenvalue weighted by Gasteiger charge is 2.37. The Morgan fingerprint density at radius 3 is 2.85 bits per heavy atom. The molecule has 9 heteroatoms. The Bertz CT molecular complexity index is 819. The molecule has 8 nitrogen and oxygen atoms in total. The second kappa shape index (κ2) is 7.43. The van der Waals surface area contributed by atoms with Crippen molar-refractivity contribution in [3.8, 4) is 5.75 Å². The number of benzene rings is 1. The van der Waals surface area contributed by atoms with Crippen molar-refractivity contribution in [2.45, 2.75) is 12.5 Å². The number of halogens is 1. The van der Waals surface area contributed by atoms with Crippen molar-refractivity contribution in [3.63, 3.8) is 0 Å². The first-order chi connectivity index (χ1) is 13.1. The highest BCUT2D eigenvalue weighted by molar-refractivity contribution is 5.38. The molecule has 0 unspecified atom stereocenters. The zero-order chi connectivity index (χ0) is 18.8. The Balaban J connectivity index is 1.33. The highest BCUT2D eigenvalue weighted by atomic mass is 19.1. The summed E-state index contributed by atoms with van der Waals surface area (Å²) in [4.78, 5) is 23.1. The predicted octanol–water partition coefficient (Wildman–Crippen LogP) is 2.11. The van der Waals surface area contributed by atoms with Gasteiger partial charge in [-0.2, -0.15) is 0 Å². The van der Waals surface area contributed by atoms with Crippen LogP contribution >= 0.6 is 0 Å². The summed E-state index contributed by atoms with van der Waals surface area (Å²) in [6, 6.07) is 6.66. The maximum absolute atomic E-state index is 13.0. The van der Waals surface area contributed by atoms with E-state index in [2.05, 4.69) is 19.8 Å². The summed E-state index contributed by atoms with van der Waals surface area (Å²) < 4.78 is 18.8. The van der Waals surface area contributed by atoms with Crippen molar-refractivity contribution in [1.29, 1.82) is 0 Å². The van der Waals surface area contributed by atoms with E-state index in [4.69, 9.17) is 4.74 Å². The van der Waals surface area contributed by atoms with Gasteiger partial charge in [0.05, 0.1) is 30.0 Å². The minimum atomic E-state index is -0.434. The molecular weight excluding hydrogens is 353 g/mol. The molecule has 0 amide bonds. The first-order valence-electron chi connectivity index (χ1n) is 8.92. The van der Waals surface area contributed by atoms with Crippen LogP contribution in [-0.4, -0.2) is 58.6 Å². The zero-order valence-electron chi connectivity index (χ0n) is 14.7. The van der Waals surface area contributed by atoms with Crippen LogP contribution in [-0.2, 0) is 0 Å². The van der Waals surface area contributed by atoms with Crippen molar-refractivity contribution in [1.82, 2.24) is 14.9 Å². The summed E-state index contributed by atoms with van der Waals surface area (Å²) in [5.41, 5.74) is 0.0336. The van der Waals surface area contributed by atoms with E-state index in [0.717, 1.165) is 32.6 Å². The first-order valence-corrected chi connectivity index (χ1v) is 8.92. The van der Waals surface area contributed by atoms with Crippen molar-refractivity contribution in [2.75, 3.05) is 37.7 Å². The summed E-state index contributed by atoms with van der Waals surface area (Å²) in [5.74, 6) is 1.02. The van der Waals surface area contributed by atoms with E-state index in [9.17, 15) is 14.5 Å². The van der Waals surface area contributed by atoms with Crippen LogP contribution in [0.5, 0.6) is 5.75 Å². The molecule has 27 heavy (non-hydrogen) atoms. The average Bonchev–Trinajstić information content (AvgIpc) is 3.09. The van der Waals surface area contributed by atoms with E-state index in [0.29, 0.717) is 30.3 Å². The Morgan fingerprint density at radius 2 is 2.07 bits per heavy atom. The summed E-state index contributed by atoms with van der Waals surface area (Å²) >= 11 is 0. The maximum Gasteiger partial charge on any atom is 0.273 e. The molecule has 0 N–H and O–H groups in total. The standard InChI is InChI=1S/C18H20FN5O3/c19-14-8-20-18(21-9-14)23-5-4-22-10-13(6-16(22)11-23)12-27-17-3-1-2-15(7-17)24(25)26/h1-3,7-9,13,16H,4-6,10-12H2/t13-,16-/m0/s1. The van der Waals surface area contributed by atoms with E-state index in [1.54, 1.807) is 12.1 Å². The quantitative estimate of drug-likeness (QED) is 0.586. The largest absolute Gasteiger partial charge is 0.493 e. The fourth-order valence-corrected chi connectivity index (χ4v) is 3.82. The molecule has 1 aromatic carbocycles. The second-order valence-corrected chi connectivity index (χ2v) is 6.96. The van der Waals surface area contributed by atoms with Crippen molar-refractivity contribution >= 4 is 11.6 Å². The molecule has 0 bridgehead atoms. The molecule has 2 fully saturated rings. The summed E-state index contributed by atoms with van der Waals surface area (Å²) in [6.45, 7) is 3.98. The van der Waals surface area contributed by atoms with Crippen LogP contribution < -0.4 is 9.64 Å². The van der Waals surface area contributed by atoms with Crippen LogP contribution in [0.3, 0.4) is 0 Å². The molecule has 2 aliphatic rings. The Hall–Kier alpha value is -2.81. The molecule has 2 saturated heterocycles. The van der Waals surface area contributed by atoms with Gasteiger partial charge in [0.2, 0.25) is 5.95 Å². The van der Waals surface area contributed by atoms with Gasteiger partial charge in [0.1, 0.15) is 5.75 Å². The number of non-ortho nitro benzene ring substituents is 1. The molecule has 3 heterocycles. The molecule has 2 aliphatic heterocycles. The average molecular weight is 373 g/mol. The van der Waals surface area contributed by atoms with Gasteiger partial charge in [-0.25, -0.2) is 14.4 Å². The van der Waals surface area contributed by atoms with Crippen molar-refractivity contribution in [2.24, 2.45) is 5.92 Å². The first kappa shape index (κ1) is 17.6. The molecule has 0 spiro atoms. The SMILES string of the molecule is O=[N+]([O-])c1cccc(OC[C@H]2C[C@H]3CN(c4ncc(F)cn4)CCN3C2)c1. The molecule has 0 radical (unpaired) electrons. The fourth-order valence-electron chi connectivity index (χ4n) is 3.82. The van der Waals surface area contributed by atoms with Crippen LogP contribution in [0.15, 0.2) is 36.7 Å². The lowest BCUT2D eigenvalue weighted by Gasteiger charge is -2.37. The third-order valence-corrected chi connectivity index (χ3v) is 5.11. The number of nitro groups is 1. The minimum Gasteiger partial charge on any atom is -0.493 e. The molecule has 1 aromatic heterocycles. The van der Waals surface area contributed by atoms with Crippen LogP contribution in [0.4, 0.5) is 16.0 Å². The number of rotatable bonds is 5. The van der Waals surface area contributed by atoms with Gasteiger partial charge in [-0.15, -0.1) is 0 Å². The van der Waals surface area contributed by atoms with E-state index >= 15 is 0 Å². The van der Waals surface area contributed by atoms with E-state index < -0.39 is 10.7 Å². The van der Waals surface area contributed by atoms with E-state index in [1.807, 2.05) is 0 Å². The molecule has 0 aliphatic carbocycles. The predicted molar refractivity (Wildman–Crippen MR) is 96.3 cm³/mol. The van der Waals surface area contributed by atoms with Crippen LogP contribution in [0.2, 0.25) is 0 Å². The van der Waals surface area contributed by atoms with Gasteiger partial charge < -0.3 is 9.64 Å². The third-order valence-electron chi connectivity index (χ3n) is 5.11. The van der Waals surface area contributed by atoms with Gasteiger partial charge in [0.15, 0.2) is 5.82 Å². The van der Waals surface area contributed by atoms with Gasteiger partial charge >= 0.3 is 0 Å². The molecule has 2 aromatic rings. The lowest BCUT2D eigenvalue weighted by atomic mass is 10.1. The number of fused-ring (bicyclic) bond motifs is 1. The number of piperazine rings is 1. The number of ether oxygens (including phenoxy) is 1. The lowest BCUT2D eigenvalue weighted by molar-refractivity contribution is -0.384. The van der Waals surface area contributed by atoms with Gasteiger partial charge in [0.25, 0.3) is 5.69 Å². The summed E-state index contributed by atoms with van der Waals surface area (Å²) in [5, 5.41) is 10.9. The molecule has 142 valence electrons. The molecule has 2 atom stereocenters. The molecule has 4 rings (SSSR count). The normalized spacial score (nSPS) is 22.5. The Kier molecular flexibility index (Phi) is 4.85. The number of aromatic nitrogens is 2.